The van der Waals surface area contributed by atoms with E-state index in [1.54, 1.807) is 0 Å². The first-order valence-corrected chi connectivity index (χ1v) is 14.3. The van der Waals surface area contributed by atoms with Crippen molar-refractivity contribution in [1.29, 1.82) is 0 Å². The molecule has 0 saturated carbocycles. The van der Waals surface area contributed by atoms with Gasteiger partial charge in [-0.05, 0) is 85.6 Å². The predicted molar refractivity (Wildman–Crippen MR) is 170 cm³/mol. The minimum atomic E-state index is -0.0115. The Balaban J connectivity index is 1.43. The molecule has 7 aromatic carbocycles. The van der Waals surface area contributed by atoms with Gasteiger partial charge in [-0.1, -0.05) is 115 Å². The molecule has 1 aliphatic carbocycles. The third-order valence-corrected chi connectivity index (χ3v) is 9.36. The van der Waals surface area contributed by atoms with E-state index >= 15 is 0 Å². The molecule has 1 aliphatic rings. The molecule has 0 N–H and O–H groups in total. The Bertz CT molecular complexity index is 2050. The summed E-state index contributed by atoms with van der Waals surface area (Å²) in [5.74, 6) is 0. The fourth-order valence-corrected chi connectivity index (χ4v) is 7.26. The summed E-state index contributed by atoms with van der Waals surface area (Å²) < 4.78 is 1.13. The van der Waals surface area contributed by atoms with Crippen LogP contribution in [-0.4, -0.2) is 0 Å². The van der Waals surface area contributed by atoms with E-state index in [-0.39, 0.29) is 5.41 Å². The van der Waals surface area contributed by atoms with E-state index in [0.717, 1.165) is 10.2 Å². The Morgan fingerprint density at radius 2 is 1.18 bits per heavy atom. The normalized spacial score (nSPS) is 13.7. The van der Waals surface area contributed by atoms with Gasteiger partial charge in [0.25, 0.3) is 0 Å². The average molecular weight is 565 g/mol. The van der Waals surface area contributed by atoms with Gasteiger partial charge in [-0.15, -0.1) is 0 Å². The molecule has 0 amide bonds. The van der Waals surface area contributed by atoms with E-state index in [0.29, 0.717) is 0 Å². The van der Waals surface area contributed by atoms with Crippen molar-refractivity contribution < 1.29 is 0 Å². The van der Waals surface area contributed by atoms with Crippen molar-refractivity contribution in [2.24, 2.45) is 0 Å². The number of halogens is 1. The fraction of sp³-hybridized carbons (Fsp3) is 0.0811. The SMILES string of the molecule is CC1(C)c2ccccc2-c2cc(N(c3ccccc3)c3ccc4ccc5c(Br)ccc6ccc3c4c65)ccc21. The van der Waals surface area contributed by atoms with Crippen molar-refractivity contribution in [1.82, 2.24) is 0 Å². The summed E-state index contributed by atoms with van der Waals surface area (Å²) in [6.45, 7) is 4.68. The lowest BCUT2D eigenvalue weighted by molar-refractivity contribution is 0.660. The Morgan fingerprint density at radius 3 is 2.00 bits per heavy atom. The van der Waals surface area contributed by atoms with Gasteiger partial charge in [0.05, 0.1) is 5.69 Å². The van der Waals surface area contributed by atoms with Crippen molar-refractivity contribution in [3.8, 4) is 11.1 Å². The number of rotatable bonds is 3. The number of anilines is 3. The van der Waals surface area contributed by atoms with Gasteiger partial charge in [-0.25, -0.2) is 0 Å². The number of nitrogens with zero attached hydrogens (tertiary/aromatic N) is 1. The molecule has 0 spiro atoms. The van der Waals surface area contributed by atoms with Crippen molar-refractivity contribution in [2.45, 2.75) is 19.3 Å². The molecule has 7 aromatic rings. The highest BCUT2D eigenvalue weighted by Gasteiger charge is 2.35. The van der Waals surface area contributed by atoms with Crippen LogP contribution in [0.3, 0.4) is 0 Å². The summed E-state index contributed by atoms with van der Waals surface area (Å²) in [6.07, 6.45) is 0. The highest BCUT2D eigenvalue weighted by molar-refractivity contribution is 9.10. The third-order valence-electron chi connectivity index (χ3n) is 8.67. The number of benzene rings is 7. The number of para-hydroxylation sites is 1. The van der Waals surface area contributed by atoms with Gasteiger partial charge in [-0.2, -0.15) is 0 Å². The second-order valence-electron chi connectivity index (χ2n) is 11.1. The van der Waals surface area contributed by atoms with Crippen LogP contribution in [0.4, 0.5) is 17.1 Å². The lowest BCUT2D eigenvalue weighted by Gasteiger charge is -2.29. The maximum Gasteiger partial charge on any atom is 0.0540 e. The van der Waals surface area contributed by atoms with Crippen LogP contribution >= 0.6 is 15.9 Å². The number of fused-ring (bicyclic) bond motifs is 3. The first-order chi connectivity index (χ1) is 19.0. The smallest absolute Gasteiger partial charge is 0.0540 e. The molecule has 0 saturated heterocycles. The minimum absolute atomic E-state index is 0.0115. The Labute approximate surface area is 236 Å². The zero-order chi connectivity index (χ0) is 26.3. The van der Waals surface area contributed by atoms with Gasteiger partial charge in [-0.3, -0.25) is 0 Å². The van der Waals surface area contributed by atoms with E-state index in [1.807, 2.05) is 0 Å². The molecule has 0 bridgehead atoms. The van der Waals surface area contributed by atoms with Crippen molar-refractivity contribution in [3.05, 3.63) is 137 Å². The Kier molecular flexibility index (Phi) is 4.78. The summed E-state index contributed by atoms with van der Waals surface area (Å²) in [6, 6.07) is 44.7. The molecule has 0 aliphatic heterocycles. The molecule has 186 valence electrons. The highest BCUT2D eigenvalue weighted by atomic mass is 79.9. The van der Waals surface area contributed by atoms with Gasteiger partial charge >= 0.3 is 0 Å². The maximum absolute atomic E-state index is 3.80. The van der Waals surface area contributed by atoms with E-state index in [9.17, 15) is 0 Å². The standard InChI is InChI=1S/C37H26BrN/c1-37(2)31-11-7-6-10-27(31)30-22-26(16-19-32(30)37)39(25-8-4-3-5-9-25)34-21-15-24-12-17-28-33(38)20-14-23-13-18-29(34)36(24)35(23)28/h3-22H,1-2H3. The van der Waals surface area contributed by atoms with Crippen molar-refractivity contribution >= 4 is 65.3 Å². The maximum atomic E-state index is 3.80. The topological polar surface area (TPSA) is 3.24 Å². The van der Waals surface area contributed by atoms with E-state index in [1.165, 1.54) is 65.9 Å². The molecule has 0 fully saturated rings. The van der Waals surface area contributed by atoms with E-state index in [2.05, 4.69) is 156 Å². The molecule has 39 heavy (non-hydrogen) atoms. The molecular weight excluding hydrogens is 538 g/mol. The average Bonchev–Trinajstić information content (AvgIpc) is 3.20. The minimum Gasteiger partial charge on any atom is -0.310 e. The van der Waals surface area contributed by atoms with Gasteiger partial charge in [0.2, 0.25) is 0 Å². The zero-order valence-electron chi connectivity index (χ0n) is 21.9. The van der Waals surface area contributed by atoms with Crippen LogP contribution in [-0.2, 0) is 5.41 Å². The third kappa shape index (κ3) is 3.19. The van der Waals surface area contributed by atoms with Gasteiger partial charge < -0.3 is 4.90 Å². The van der Waals surface area contributed by atoms with Crippen LogP contribution in [0.15, 0.2) is 126 Å². The summed E-state index contributed by atoms with van der Waals surface area (Å²) in [5, 5.41) is 7.68. The van der Waals surface area contributed by atoms with Crippen LogP contribution < -0.4 is 4.90 Å². The molecule has 0 aromatic heterocycles. The fourth-order valence-electron chi connectivity index (χ4n) is 6.80. The molecule has 8 rings (SSSR count). The first kappa shape index (κ1) is 22.8. The summed E-state index contributed by atoms with van der Waals surface area (Å²) >= 11 is 3.80. The summed E-state index contributed by atoms with van der Waals surface area (Å²) in [5.41, 5.74) is 8.96. The van der Waals surface area contributed by atoms with E-state index in [4.69, 9.17) is 0 Å². The molecule has 1 nitrogen and oxygen atoms in total. The highest BCUT2D eigenvalue weighted by Crippen LogP contribution is 2.51. The van der Waals surface area contributed by atoms with Gasteiger partial charge in [0.1, 0.15) is 0 Å². The largest absolute Gasteiger partial charge is 0.310 e. The second-order valence-corrected chi connectivity index (χ2v) is 12.0. The van der Waals surface area contributed by atoms with Gasteiger partial charge in [0, 0.05) is 26.6 Å². The molecular formula is C37H26BrN. The van der Waals surface area contributed by atoms with Crippen LogP contribution in [0.1, 0.15) is 25.0 Å². The molecule has 0 heterocycles. The van der Waals surface area contributed by atoms with Gasteiger partial charge in [0.15, 0.2) is 0 Å². The van der Waals surface area contributed by atoms with Crippen LogP contribution in [0, 0.1) is 0 Å². The first-order valence-electron chi connectivity index (χ1n) is 13.5. The lowest BCUT2D eigenvalue weighted by atomic mass is 9.82. The van der Waals surface area contributed by atoms with Crippen molar-refractivity contribution in [3.63, 3.8) is 0 Å². The molecule has 2 heteroatoms. The molecule has 0 unspecified atom stereocenters. The number of hydrogen-bond acceptors (Lipinski definition) is 1. The molecule has 0 atom stereocenters. The predicted octanol–water partition coefficient (Wildman–Crippen LogP) is 11.1. The Morgan fingerprint density at radius 1 is 0.538 bits per heavy atom. The number of hydrogen-bond donors (Lipinski definition) is 0. The van der Waals surface area contributed by atoms with Crippen LogP contribution in [0.5, 0.6) is 0 Å². The summed E-state index contributed by atoms with van der Waals surface area (Å²) in [7, 11) is 0. The quantitative estimate of drug-likeness (QED) is 0.193. The second kappa shape index (κ2) is 8.18. The molecule has 0 radical (unpaired) electrons. The Hall–Kier alpha value is -4.14. The van der Waals surface area contributed by atoms with Crippen molar-refractivity contribution in [2.75, 3.05) is 4.90 Å². The summed E-state index contributed by atoms with van der Waals surface area (Å²) in [4.78, 5) is 2.43. The lowest BCUT2D eigenvalue weighted by Crippen LogP contribution is -2.15. The monoisotopic (exact) mass is 563 g/mol. The van der Waals surface area contributed by atoms with Crippen LogP contribution in [0.2, 0.25) is 0 Å². The van der Waals surface area contributed by atoms with Crippen LogP contribution in [0.25, 0.3) is 43.4 Å². The zero-order valence-corrected chi connectivity index (χ0v) is 23.5. The van der Waals surface area contributed by atoms with E-state index < -0.39 is 0 Å².